The Balaban J connectivity index is 1.50. The Bertz CT molecular complexity index is 969. The summed E-state index contributed by atoms with van der Waals surface area (Å²) in [6.45, 7) is 3.98. The highest BCUT2D eigenvalue weighted by molar-refractivity contribution is 5.94. The van der Waals surface area contributed by atoms with Gasteiger partial charge in [0.1, 0.15) is 18.8 Å². The van der Waals surface area contributed by atoms with Crippen LogP contribution in [0.2, 0.25) is 0 Å². The molecule has 1 atom stereocenters. The van der Waals surface area contributed by atoms with Gasteiger partial charge in [-0.25, -0.2) is 14.6 Å². The molecule has 1 aliphatic rings. The zero-order chi connectivity index (χ0) is 18.1. The molecule has 1 aliphatic heterocycles. The van der Waals surface area contributed by atoms with E-state index in [9.17, 15) is 4.79 Å². The lowest BCUT2D eigenvalue weighted by atomic mass is 10.2. The van der Waals surface area contributed by atoms with E-state index in [1.807, 2.05) is 32.0 Å². The van der Waals surface area contributed by atoms with Crippen LogP contribution in [0.15, 0.2) is 42.7 Å². The standard InChI is InChI=1S/C18H17N5O3/c1-11-7-12(2)23(22-11)17-8-16(19-10-20-17)21-18(24)15-9-25-13-5-3-4-6-14(13)26-15/h3-8,10,15H,9H2,1-2H3,(H,19,20,21,24). The van der Waals surface area contributed by atoms with Gasteiger partial charge in [0, 0.05) is 11.8 Å². The van der Waals surface area contributed by atoms with Crippen molar-refractivity contribution in [1.82, 2.24) is 19.7 Å². The number of carbonyl (C=O) groups is 1. The number of nitrogens with zero attached hydrogens (tertiary/aromatic N) is 4. The van der Waals surface area contributed by atoms with Crippen molar-refractivity contribution in [3.63, 3.8) is 0 Å². The average Bonchev–Trinajstić information content (AvgIpc) is 2.99. The van der Waals surface area contributed by atoms with E-state index in [1.54, 1.807) is 22.9 Å². The van der Waals surface area contributed by atoms with Crippen LogP contribution in [0.5, 0.6) is 11.5 Å². The van der Waals surface area contributed by atoms with Gasteiger partial charge in [-0.3, -0.25) is 4.79 Å². The Morgan fingerprint density at radius 3 is 2.77 bits per heavy atom. The molecule has 0 aliphatic carbocycles. The second-order valence-corrected chi connectivity index (χ2v) is 5.95. The SMILES string of the molecule is Cc1cc(C)n(-c2cc(NC(=O)C3COc4ccccc4O3)ncn2)n1. The fourth-order valence-electron chi connectivity index (χ4n) is 2.75. The molecular weight excluding hydrogens is 334 g/mol. The van der Waals surface area contributed by atoms with Crippen molar-refractivity contribution in [2.24, 2.45) is 0 Å². The van der Waals surface area contributed by atoms with E-state index in [2.05, 4.69) is 20.4 Å². The van der Waals surface area contributed by atoms with Gasteiger partial charge in [0.15, 0.2) is 17.3 Å². The summed E-state index contributed by atoms with van der Waals surface area (Å²) in [5, 5.41) is 7.13. The molecule has 0 saturated heterocycles. The molecule has 1 unspecified atom stereocenters. The van der Waals surface area contributed by atoms with Crippen molar-refractivity contribution in [2.45, 2.75) is 20.0 Å². The fourth-order valence-corrected chi connectivity index (χ4v) is 2.75. The first-order valence-corrected chi connectivity index (χ1v) is 8.15. The minimum absolute atomic E-state index is 0.137. The zero-order valence-corrected chi connectivity index (χ0v) is 14.3. The van der Waals surface area contributed by atoms with E-state index in [4.69, 9.17) is 9.47 Å². The molecule has 8 nitrogen and oxygen atoms in total. The molecule has 8 heteroatoms. The molecule has 0 spiro atoms. The van der Waals surface area contributed by atoms with Gasteiger partial charge in [0.05, 0.1) is 5.69 Å². The Hall–Kier alpha value is -3.42. The predicted molar refractivity (Wildman–Crippen MR) is 93.6 cm³/mol. The van der Waals surface area contributed by atoms with Crippen LogP contribution < -0.4 is 14.8 Å². The summed E-state index contributed by atoms with van der Waals surface area (Å²) in [6, 6.07) is 10.9. The minimum Gasteiger partial charge on any atom is -0.485 e. The molecule has 26 heavy (non-hydrogen) atoms. The van der Waals surface area contributed by atoms with E-state index in [0.29, 0.717) is 23.1 Å². The molecular formula is C18H17N5O3. The first-order valence-electron chi connectivity index (χ1n) is 8.15. The number of anilines is 1. The largest absolute Gasteiger partial charge is 0.485 e. The Morgan fingerprint density at radius 2 is 2.00 bits per heavy atom. The van der Waals surface area contributed by atoms with E-state index >= 15 is 0 Å². The lowest BCUT2D eigenvalue weighted by Gasteiger charge is -2.25. The molecule has 0 radical (unpaired) electrons. The Morgan fingerprint density at radius 1 is 1.19 bits per heavy atom. The van der Waals surface area contributed by atoms with Crippen molar-refractivity contribution in [3.8, 4) is 17.3 Å². The Labute approximate surface area is 149 Å². The summed E-state index contributed by atoms with van der Waals surface area (Å²) in [5.74, 6) is 1.79. The third kappa shape index (κ3) is 3.08. The summed E-state index contributed by atoms with van der Waals surface area (Å²) in [6.07, 6.45) is 0.631. The molecule has 4 rings (SSSR count). The van der Waals surface area contributed by atoms with Crippen molar-refractivity contribution in [1.29, 1.82) is 0 Å². The predicted octanol–water partition coefficient (Wildman–Crippen LogP) is 2.06. The number of nitrogens with one attached hydrogen (secondary N) is 1. The van der Waals surface area contributed by atoms with Gasteiger partial charge in [0.25, 0.3) is 5.91 Å². The number of fused-ring (bicyclic) bond motifs is 1. The quantitative estimate of drug-likeness (QED) is 0.777. The Kier molecular flexibility index (Phi) is 4.00. The van der Waals surface area contributed by atoms with E-state index in [1.165, 1.54) is 6.33 Å². The second-order valence-electron chi connectivity index (χ2n) is 5.95. The minimum atomic E-state index is -0.753. The maximum atomic E-state index is 12.5. The normalized spacial score (nSPS) is 15.5. The number of para-hydroxylation sites is 2. The van der Waals surface area contributed by atoms with Gasteiger partial charge in [-0.15, -0.1) is 0 Å². The van der Waals surface area contributed by atoms with Crippen LogP contribution in [0.1, 0.15) is 11.4 Å². The third-order valence-corrected chi connectivity index (χ3v) is 3.93. The van der Waals surface area contributed by atoms with Gasteiger partial charge >= 0.3 is 0 Å². The highest BCUT2D eigenvalue weighted by Crippen LogP contribution is 2.31. The summed E-state index contributed by atoms with van der Waals surface area (Å²) in [5.41, 5.74) is 1.83. The van der Waals surface area contributed by atoms with Gasteiger partial charge in [-0.1, -0.05) is 12.1 Å². The number of aromatic nitrogens is 4. The molecule has 3 aromatic rings. The molecule has 1 amide bonds. The molecule has 0 saturated carbocycles. The highest BCUT2D eigenvalue weighted by Gasteiger charge is 2.27. The van der Waals surface area contributed by atoms with Crippen LogP contribution >= 0.6 is 0 Å². The van der Waals surface area contributed by atoms with Crippen molar-refractivity contribution in [2.75, 3.05) is 11.9 Å². The topological polar surface area (TPSA) is 91.2 Å². The van der Waals surface area contributed by atoms with Crippen LogP contribution in [0.25, 0.3) is 5.82 Å². The second kappa shape index (κ2) is 6.47. The molecule has 1 aromatic carbocycles. The van der Waals surface area contributed by atoms with Crippen LogP contribution in [-0.4, -0.2) is 38.4 Å². The maximum absolute atomic E-state index is 12.5. The van der Waals surface area contributed by atoms with Gasteiger partial charge in [0.2, 0.25) is 6.10 Å². The number of ether oxygens (including phenoxy) is 2. The average molecular weight is 351 g/mol. The first-order chi connectivity index (χ1) is 12.6. The lowest BCUT2D eigenvalue weighted by Crippen LogP contribution is -2.40. The van der Waals surface area contributed by atoms with Crippen molar-refractivity contribution in [3.05, 3.63) is 54.1 Å². The fraction of sp³-hybridized carbons (Fsp3) is 0.222. The maximum Gasteiger partial charge on any atom is 0.270 e. The number of hydrogen-bond acceptors (Lipinski definition) is 6. The number of amides is 1. The van der Waals surface area contributed by atoms with Crippen LogP contribution in [0.4, 0.5) is 5.82 Å². The summed E-state index contributed by atoms with van der Waals surface area (Å²) in [4.78, 5) is 20.8. The molecule has 0 fully saturated rings. The smallest absolute Gasteiger partial charge is 0.270 e. The van der Waals surface area contributed by atoms with E-state index in [-0.39, 0.29) is 12.5 Å². The van der Waals surface area contributed by atoms with Gasteiger partial charge in [-0.05, 0) is 32.0 Å². The molecule has 132 valence electrons. The van der Waals surface area contributed by atoms with Crippen LogP contribution in [0, 0.1) is 13.8 Å². The monoisotopic (exact) mass is 351 g/mol. The highest BCUT2D eigenvalue weighted by atomic mass is 16.6. The number of carbonyl (C=O) groups excluding carboxylic acids is 1. The van der Waals surface area contributed by atoms with Crippen molar-refractivity contribution < 1.29 is 14.3 Å². The van der Waals surface area contributed by atoms with Crippen molar-refractivity contribution >= 4 is 11.7 Å². The number of hydrogen-bond donors (Lipinski definition) is 1. The lowest BCUT2D eigenvalue weighted by molar-refractivity contribution is -0.125. The molecule has 2 aromatic heterocycles. The van der Waals surface area contributed by atoms with E-state index in [0.717, 1.165) is 11.4 Å². The van der Waals surface area contributed by atoms with Crippen LogP contribution in [0.3, 0.4) is 0 Å². The molecule has 0 bridgehead atoms. The van der Waals surface area contributed by atoms with Gasteiger partial charge < -0.3 is 14.8 Å². The number of benzene rings is 1. The number of aryl methyl sites for hydroxylation is 2. The summed E-state index contributed by atoms with van der Waals surface area (Å²) < 4.78 is 13.0. The first kappa shape index (κ1) is 16.1. The molecule has 1 N–H and O–H groups in total. The number of rotatable bonds is 3. The van der Waals surface area contributed by atoms with Gasteiger partial charge in [-0.2, -0.15) is 5.10 Å². The third-order valence-electron chi connectivity index (χ3n) is 3.93. The summed E-state index contributed by atoms with van der Waals surface area (Å²) >= 11 is 0. The van der Waals surface area contributed by atoms with E-state index < -0.39 is 6.10 Å². The summed E-state index contributed by atoms with van der Waals surface area (Å²) in [7, 11) is 0. The van der Waals surface area contributed by atoms with Crippen LogP contribution in [-0.2, 0) is 4.79 Å². The molecule has 3 heterocycles. The zero-order valence-electron chi connectivity index (χ0n) is 14.3.